The largest absolute Gasteiger partial charge is 0.303 e. The van der Waals surface area contributed by atoms with Crippen molar-refractivity contribution in [1.29, 1.82) is 0 Å². The fraction of sp³-hybridized carbons (Fsp3) is 1.00. The van der Waals surface area contributed by atoms with Crippen LogP contribution in [-0.2, 0) is 0 Å². The van der Waals surface area contributed by atoms with Gasteiger partial charge in [-0.05, 0) is 64.6 Å². The topological polar surface area (TPSA) is 6.48 Å². The smallest absolute Gasteiger partial charge is 0.00388 e. The molecule has 2 rings (SSSR count). The van der Waals surface area contributed by atoms with Crippen molar-refractivity contribution < 1.29 is 0 Å². The van der Waals surface area contributed by atoms with Crippen molar-refractivity contribution in [2.45, 2.75) is 46.1 Å². The van der Waals surface area contributed by atoms with Gasteiger partial charge < -0.3 is 9.80 Å². The van der Waals surface area contributed by atoms with Crippen molar-refractivity contribution >= 4 is 0 Å². The molecule has 2 aliphatic rings. The maximum atomic E-state index is 2.68. The summed E-state index contributed by atoms with van der Waals surface area (Å²) < 4.78 is 0. The summed E-state index contributed by atoms with van der Waals surface area (Å²) in [5.41, 5.74) is 0. The number of nitrogens with zero attached hydrogens (tertiary/aromatic N) is 2. The summed E-state index contributed by atoms with van der Waals surface area (Å²) in [4.78, 5) is 5.26. The van der Waals surface area contributed by atoms with Gasteiger partial charge in [-0.15, -0.1) is 0 Å². The number of hydrogen-bond donors (Lipinski definition) is 0. The fourth-order valence-corrected chi connectivity index (χ4v) is 2.86. The molecular formula is C14H28N2. The minimum atomic E-state index is 0.757. The van der Waals surface area contributed by atoms with Crippen LogP contribution in [0, 0.1) is 11.8 Å². The number of rotatable bonds is 4. The van der Waals surface area contributed by atoms with Crippen molar-refractivity contribution in [2.24, 2.45) is 11.8 Å². The van der Waals surface area contributed by atoms with Gasteiger partial charge >= 0.3 is 0 Å². The highest BCUT2D eigenvalue weighted by Gasteiger charge is 2.28. The van der Waals surface area contributed by atoms with E-state index in [1.807, 2.05) is 0 Å². The van der Waals surface area contributed by atoms with E-state index < -0.39 is 0 Å². The van der Waals surface area contributed by atoms with E-state index in [1.165, 1.54) is 52.0 Å². The Bertz CT molecular complexity index is 201. The van der Waals surface area contributed by atoms with Crippen LogP contribution in [0.1, 0.15) is 40.0 Å². The van der Waals surface area contributed by atoms with Gasteiger partial charge in [0.1, 0.15) is 0 Å². The average Bonchev–Trinajstić information content (AvgIpc) is 2.18. The van der Waals surface area contributed by atoms with Gasteiger partial charge in [-0.1, -0.05) is 6.92 Å². The molecule has 2 fully saturated rings. The Morgan fingerprint density at radius 3 is 2.31 bits per heavy atom. The monoisotopic (exact) mass is 224 g/mol. The highest BCUT2D eigenvalue weighted by atomic mass is 15.2. The molecule has 0 unspecified atom stereocenters. The van der Waals surface area contributed by atoms with Crippen LogP contribution in [0.3, 0.4) is 0 Å². The van der Waals surface area contributed by atoms with Gasteiger partial charge in [0.2, 0.25) is 0 Å². The van der Waals surface area contributed by atoms with E-state index in [0.29, 0.717) is 0 Å². The van der Waals surface area contributed by atoms with Crippen LogP contribution >= 0.6 is 0 Å². The predicted molar refractivity (Wildman–Crippen MR) is 69.7 cm³/mol. The van der Waals surface area contributed by atoms with E-state index in [-0.39, 0.29) is 0 Å². The Morgan fingerprint density at radius 2 is 1.75 bits per heavy atom. The lowest BCUT2D eigenvalue weighted by atomic mass is 9.93. The van der Waals surface area contributed by atoms with Crippen LogP contribution in [0.5, 0.6) is 0 Å². The Hall–Kier alpha value is -0.0800. The van der Waals surface area contributed by atoms with E-state index in [4.69, 9.17) is 0 Å². The summed E-state index contributed by atoms with van der Waals surface area (Å²) in [6.07, 6.45) is 4.27. The third kappa shape index (κ3) is 3.21. The Balaban J connectivity index is 1.56. The molecule has 0 aromatic heterocycles. The molecule has 0 aromatic rings. The second-order valence-corrected chi connectivity index (χ2v) is 6.23. The Labute approximate surface area is 101 Å². The van der Waals surface area contributed by atoms with Crippen molar-refractivity contribution in [3.8, 4) is 0 Å². The second-order valence-electron chi connectivity index (χ2n) is 6.23. The van der Waals surface area contributed by atoms with Crippen molar-refractivity contribution in [3.63, 3.8) is 0 Å². The molecule has 2 aliphatic heterocycles. The summed E-state index contributed by atoms with van der Waals surface area (Å²) in [6, 6.07) is 0.757. The lowest BCUT2D eigenvalue weighted by Crippen LogP contribution is -2.51. The number of piperidine rings is 1. The van der Waals surface area contributed by atoms with Crippen LogP contribution in [0.25, 0.3) is 0 Å². The van der Waals surface area contributed by atoms with Crippen LogP contribution < -0.4 is 0 Å². The van der Waals surface area contributed by atoms with Gasteiger partial charge in [0.25, 0.3) is 0 Å². The van der Waals surface area contributed by atoms with Crippen molar-refractivity contribution in [2.75, 3.05) is 32.7 Å². The van der Waals surface area contributed by atoms with Crippen molar-refractivity contribution in [1.82, 2.24) is 9.80 Å². The predicted octanol–water partition coefficient (Wildman–Crippen LogP) is 2.45. The van der Waals surface area contributed by atoms with Crippen LogP contribution in [-0.4, -0.2) is 48.6 Å². The molecule has 2 nitrogen and oxygen atoms in total. The van der Waals surface area contributed by atoms with E-state index in [0.717, 1.165) is 17.9 Å². The molecule has 0 bridgehead atoms. The molecule has 2 heterocycles. The maximum absolute atomic E-state index is 2.68. The fourth-order valence-electron chi connectivity index (χ4n) is 2.86. The zero-order chi connectivity index (χ0) is 11.5. The Morgan fingerprint density at radius 1 is 1.12 bits per heavy atom. The molecule has 0 aliphatic carbocycles. The molecule has 0 atom stereocenters. The highest BCUT2D eigenvalue weighted by Crippen LogP contribution is 2.23. The summed E-state index contributed by atoms with van der Waals surface area (Å²) in [7, 11) is 0. The molecule has 0 saturated carbocycles. The number of likely N-dealkylation sites (tertiary alicyclic amines) is 2. The zero-order valence-electron chi connectivity index (χ0n) is 11.3. The van der Waals surface area contributed by atoms with Crippen LogP contribution in [0.4, 0.5) is 0 Å². The van der Waals surface area contributed by atoms with E-state index in [1.54, 1.807) is 0 Å². The van der Waals surface area contributed by atoms with E-state index >= 15 is 0 Å². The van der Waals surface area contributed by atoms with E-state index in [2.05, 4.69) is 30.6 Å². The van der Waals surface area contributed by atoms with Gasteiger partial charge in [-0.2, -0.15) is 0 Å². The van der Waals surface area contributed by atoms with Gasteiger partial charge in [0.15, 0.2) is 0 Å². The normalized spacial score (nSPS) is 26.2. The summed E-state index contributed by atoms with van der Waals surface area (Å²) >= 11 is 0. The second kappa shape index (κ2) is 5.50. The first-order valence-electron chi connectivity index (χ1n) is 7.11. The first-order valence-corrected chi connectivity index (χ1v) is 7.11. The molecule has 0 N–H and O–H groups in total. The third-order valence-electron chi connectivity index (χ3n) is 4.45. The molecule has 0 radical (unpaired) electrons. The highest BCUT2D eigenvalue weighted by molar-refractivity contribution is 4.83. The lowest BCUT2D eigenvalue weighted by Gasteiger charge is -2.43. The van der Waals surface area contributed by atoms with Gasteiger partial charge in [0.05, 0.1) is 0 Å². The minimum Gasteiger partial charge on any atom is -0.303 e. The lowest BCUT2D eigenvalue weighted by molar-refractivity contribution is 0.0525. The molecule has 94 valence electrons. The minimum absolute atomic E-state index is 0.757. The summed E-state index contributed by atoms with van der Waals surface area (Å²) in [5.74, 6) is 1.96. The SMILES string of the molecule is CC1CCN(CCC2CN(C(C)C)C2)CC1. The first kappa shape index (κ1) is 12.4. The van der Waals surface area contributed by atoms with Crippen LogP contribution in [0.15, 0.2) is 0 Å². The van der Waals surface area contributed by atoms with E-state index in [9.17, 15) is 0 Å². The van der Waals surface area contributed by atoms with Crippen molar-refractivity contribution in [3.05, 3.63) is 0 Å². The molecule has 2 heteroatoms. The average molecular weight is 224 g/mol. The Kier molecular flexibility index (Phi) is 4.26. The maximum Gasteiger partial charge on any atom is 0.00388 e. The molecule has 16 heavy (non-hydrogen) atoms. The van der Waals surface area contributed by atoms with Crippen LogP contribution in [0.2, 0.25) is 0 Å². The molecule has 0 amide bonds. The standard InChI is InChI=1S/C14H28N2/c1-12(2)16-10-14(11-16)6-9-15-7-4-13(3)5-8-15/h12-14H,4-11H2,1-3H3. The van der Waals surface area contributed by atoms with Gasteiger partial charge in [-0.25, -0.2) is 0 Å². The summed E-state index contributed by atoms with van der Waals surface area (Å²) in [5, 5.41) is 0. The summed E-state index contributed by atoms with van der Waals surface area (Å²) in [6.45, 7) is 13.8. The number of hydrogen-bond acceptors (Lipinski definition) is 2. The quantitative estimate of drug-likeness (QED) is 0.724. The molecule has 0 aromatic carbocycles. The zero-order valence-corrected chi connectivity index (χ0v) is 11.3. The first-order chi connectivity index (χ1) is 7.65. The third-order valence-corrected chi connectivity index (χ3v) is 4.45. The molecular weight excluding hydrogens is 196 g/mol. The molecule has 2 saturated heterocycles. The van der Waals surface area contributed by atoms with Gasteiger partial charge in [-0.3, -0.25) is 0 Å². The van der Waals surface area contributed by atoms with Gasteiger partial charge in [0, 0.05) is 19.1 Å². The molecule has 0 spiro atoms.